The molecule has 6 rings (SSSR count). The largest absolute Gasteiger partial charge is 0.353 e. The second kappa shape index (κ2) is 12.0. The summed E-state index contributed by atoms with van der Waals surface area (Å²) in [6, 6.07) is 9.93. The first-order valence-corrected chi connectivity index (χ1v) is 17.4. The lowest BCUT2D eigenvalue weighted by atomic mass is 9.78. The molecular formula is C36H50N4O2S. The highest BCUT2D eigenvalue weighted by Gasteiger charge is 2.49. The van der Waals surface area contributed by atoms with Gasteiger partial charge >= 0.3 is 0 Å². The second-order valence-corrected chi connectivity index (χ2v) is 15.3. The average molecular weight is 603 g/mol. The maximum absolute atomic E-state index is 12.5. The van der Waals surface area contributed by atoms with Gasteiger partial charge in [-0.15, -0.1) is 11.3 Å². The summed E-state index contributed by atoms with van der Waals surface area (Å²) in [4.78, 5) is 35.9. The predicted octanol–water partition coefficient (Wildman–Crippen LogP) is 6.56. The van der Waals surface area contributed by atoms with Gasteiger partial charge in [0, 0.05) is 48.8 Å². The zero-order valence-corrected chi connectivity index (χ0v) is 27.8. The molecule has 3 aromatic rings. The van der Waals surface area contributed by atoms with E-state index >= 15 is 0 Å². The molecule has 43 heavy (non-hydrogen) atoms. The zero-order valence-electron chi connectivity index (χ0n) is 27.0. The number of rotatable bonds is 10. The molecule has 0 spiro atoms. The van der Waals surface area contributed by atoms with E-state index in [0.29, 0.717) is 12.0 Å². The fourth-order valence-corrected chi connectivity index (χ4v) is 9.26. The van der Waals surface area contributed by atoms with Crippen LogP contribution >= 0.6 is 11.3 Å². The highest BCUT2D eigenvalue weighted by atomic mass is 32.1. The Bertz CT molecular complexity index is 1470. The van der Waals surface area contributed by atoms with Crippen LogP contribution in [0.1, 0.15) is 81.4 Å². The van der Waals surface area contributed by atoms with E-state index in [4.69, 9.17) is 0 Å². The summed E-state index contributed by atoms with van der Waals surface area (Å²) in [6.45, 7) is 12.2. The third-order valence-electron chi connectivity index (χ3n) is 10.7. The van der Waals surface area contributed by atoms with E-state index in [-0.39, 0.29) is 29.1 Å². The van der Waals surface area contributed by atoms with Crippen LogP contribution in [-0.2, 0) is 34.3 Å². The fourth-order valence-electron chi connectivity index (χ4n) is 8.06. The molecule has 1 saturated carbocycles. The SMILES string of the molecule is CCc1cc(CC)cc(-c2[nH]c3sc(C(C)(C)CC4C5CCC4C(=O)N5)cc3c2CCN2CCC(C(=O)N(C)C)CC2)c1. The zero-order chi connectivity index (χ0) is 30.5. The Balaban J connectivity index is 1.28. The monoisotopic (exact) mass is 602 g/mol. The number of carbonyl (C=O) groups is 2. The first kappa shape index (κ1) is 30.4. The van der Waals surface area contributed by atoms with Crippen molar-refractivity contribution < 1.29 is 9.59 Å². The van der Waals surface area contributed by atoms with Gasteiger partial charge in [0.05, 0.1) is 5.69 Å². The second-order valence-electron chi connectivity index (χ2n) is 14.2. The molecule has 3 unspecified atom stereocenters. The van der Waals surface area contributed by atoms with Gasteiger partial charge in [-0.05, 0) is 116 Å². The van der Waals surface area contributed by atoms with Gasteiger partial charge in [-0.1, -0.05) is 33.8 Å². The van der Waals surface area contributed by atoms with Crippen LogP contribution in [0.15, 0.2) is 24.3 Å². The third kappa shape index (κ3) is 5.92. The number of amides is 2. The van der Waals surface area contributed by atoms with Crippen LogP contribution in [0, 0.1) is 17.8 Å². The minimum Gasteiger partial charge on any atom is -0.353 e. The molecule has 7 heteroatoms. The highest BCUT2D eigenvalue weighted by Crippen LogP contribution is 2.48. The molecule has 2 saturated heterocycles. The number of likely N-dealkylation sites (tertiary alicyclic amines) is 1. The Kier molecular flexibility index (Phi) is 8.51. The highest BCUT2D eigenvalue weighted by molar-refractivity contribution is 7.18. The molecule has 1 aromatic carbocycles. The number of aromatic amines is 1. The first-order chi connectivity index (χ1) is 20.6. The Hall–Kier alpha value is -2.64. The number of thiophene rings is 1. The number of aryl methyl sites for hydroxylation is 2. The molecule has 3 fully saturated rings. The van der Waals surface area contributed by atoms with Crippen molar-refractivity contribution in [3.8, 4) is 11.3 Å². The molecule has 6 nitrogen and oxygen atoms in total. The minimum absolute atomic E-state index is 0.0120. The number of H-pyrrole nitrogens is 1. The summed E-state index contributed by atoms with van der Waals surface area (Å²) in [5.41, 5.74) is 6.80. The van der Waals surface area contributed by atoms with Gasteiger partial charge in [0.15, 0.2) is 0 Å². The summed E-state index contributed by atoms with van der Waals surface area (Å²) < 4.78 is 0. The normalized spacial score (nSPS) is 22.9. The minimum atomic E-state index is 0.0120. The van der Waals surface area contributed by atoms with Gasteiger partial charge in [-0.2, -0.15) is 0 Å². The van der Waals surface area contributed by atoms with Gasteiger partial charge in [0.25, 0.3) is 0 Å². The van der Waals surface area contributed by atoms with Crippen LogP contribution in [0.25, 0.3) is 21.5 Å². The van der Waals surface area contributed by atoms with Crippen molar-refractivity contribution in [3.63, 3.8) is 0 Å². The van der Waals surface area contributed by atoms with Gasteiger partial charge in [0.2, 0.25) is 11.8 Å². The van der Waals surface area contributed by atoms with Crippen molar-refractivity contribution in [1.29, 1.82) is 0 Å². The van der Waals surface area contributed by atoms with E-state index in [2.05, 4.69) is 67.2 Å². The topological polar surface area (TPSA) is 68.4 Å². The number of hydrogen-bond donors (Lipinski definition) is 2. The Morgan fingerprint density at radius 2 is 1.72 bits per heavy atom. The summed E-state index contributed by atoms with van der Waals surface area (Å²) >= 11 is 1.91. The molecular weight excluding hydrogens is 552 g/mol. The van der Waals surface area contributed by atoms with Crippen molar-refractivity contribution in [2.24, 2.45) is 17.8 Å². The van der Waals surface area contributed by atoms with Crippen molar-refractivity contribution in [3.05, 3.63) is 45.8 Å². The smallest absolute Gasteiger partial charge is 0.225 e. The summed E-state index contributed by atoms with van der Waals surface area (Å²) in [7, 11) is 3.74. The van der Waals surface area contributed by atoms with Gasteiger partial charge in [-0.25, -0.2) is 0 Å². The van der Waals surface area contributed by atoms with E-state index in [1.807, 2.05) is 25.4 Å². The molecule has 2 amide bonds. The summed E-state index contributed by atoms with van der Waals surface area (Å²) in [5.74, 6) is 1.36. The molecule has 2 N–H and O–H groups in total. The number of benzene rings is 1. The van der Waals surface area contributed by atoms with Crippen molar-refractivity contribution in [2.75, 3.05) is 33.7 Å². The number of fused-ring (bicyclic) bond motifs is 3. The van der Waals surface area contributed by atoms with Crippen molar-refractivity contribution in [2.45, 2.75) is 90.5 Å². The van der Waals surface area contributed by atoms with Gasteiger partial charge in [0.1, 0.15) is 4.83 Å². The number of piperidine rings is 2. The molecule has 4 heterocycles. The number of carbonyl (C=O) groups excluding carboxylic acids is 2. The number of hydrogen-bond acceptors (Lipinski definition) is 4. The van der Waals surface area contributed by atoms with Crippen LogP contribution in [0.5, 0.6) is 0 Å². The molecule has 0 radical (unpaired) electrons. The van der Waals surface area contributed by atoms with Gasteiger partial charge in [-0.3, -0.25) is 9.59 Å². The standard InChI is InChI=1S/C36H50N4O2S/c1-7-22-17-23(8-2)19-25(18-22)32-26(13-16-40-14-11-24(12-15-40)35(42)39(5)6)28-20-31(43-34(28)38-32)36(3,4)21-29-27-9-10-30(29)37-33(27)41/h17-20,24,27,29-30,38H,7-16,21H2,1-6H3,(H,37,41). The molecule has 232 valence electrons. The molecule has 2 aromatic heterocycles. The van der Waals surface area contributed by atoms with Crippen molar-refractivity contribution in [1.82, 2.24) is 20.1 Å². The lowest BCUT2D eigenvalue weighted by molar-refractivity contribution is -0.134. The Morgan fingerprint density at radius 3 is 2.30 bits per heavy atom. The van der Waals surface area contributed by atoms with Gasteiger partial charge < -0.3 is 20.1 Å². The lowest BCUT2D eigenvalue weighted by Crippen LogP contribution is -2.40. The maximum atomic E-state index is 12.5. The third-order valence-corrected chi connectivity index (χ3v) is 12.1. The van der Waals surface area contributed by atoms with Crippen molar-refractivity contribution >= 4 is 33.4 Å². The first-order valence-electron chi connectivity index (χ1n) is 16.6. The summed E-state index contributed by atoms with van der Waals surface area (Å²) in [5, 5.41) is 4.61. The lowest BCUT2D eigenvalue weighted by Gasteiger charge is -2.32. The number of nitrogens with zero attached hydrogens (tertiary/aromatic N) is 2. The quantitative estimate of drug-likeness (QED) is 0.276. The number of nitrogens with one attached hydrogen (secondary N) is 2. The van der Waals surface area contributed by atoms with E-state index in [1.165, 1.54) is 43.0 Å². The van der Waals surface area contributed by atoms with Crippen LogP contribution in [0.3, 0.4) is 0 Å². The maximum Gasteiger partial charge on any atom is 0.225 e. The molecule has 3 atom stereocenters. The van der Waals surface area contributed by atoms with E-state index in [1.54, 1.807) is 4.90 Å². The number of aromatic nitrogens is 1. The van der Waals surface area contributed by atoms with Crippen LogP contribution in [0.4, 0.5) is 0 Å². The van der Waals surface area contributed by atoms with E-state index in [0.717, 1.165) is 71.0 Å². The van der Waals surface area contributed by atoms with Crippen LogP contribution in [-0.4, -0.2) is 66.4 Å². The average Bonchev–Trinajstić information content (AvgIpc) is 3.75. The summed E-state index contributed by atoms with van der Waals surface area (Å²) in [6.07, 6.45) is 8.17. The molecule has 3 aliphatic rings. The fraction of sp³-hybridized carbons (Fsp3) is 0.611. The predicted molar refractivity (Wildman–Crippen MR) is 178 cm³/mol. The molecule has 2 bridgehead atoms. The van der Waals surface area contributed by atoms with Crippen LogP contribution < -0.4 is 5.32 Å². The Labute approximate surface area is 261 Å². The Morgan fingerprint density at radius 1 is 1.02 bits per heavy atom. The van der Waals surface area contributed by atoms with Crippen LogP contribution in [0.2, 0.25) is 0 Å². The molecule has 2 aliphatic heterocycles. The molecule has 1 aliphatic carbocycles. The van der Waals surface area contributed by atoms with E-state index < -0.39 is 0 Å². The van der Waals surface area contributed by atoms with E-state index in [9.17, 15) is 9.59 Å².